The minimum Gasteiger partial charge on any atom is -0.309 e. The largest absolute Gasteiger partial charge is 0.309 e. The predicted molar refractivity (Wildman–Crippen MR) is 122 cm³/mol. The number of para-hydroxylation sites is 2. The van der Waals surface area contributed by atoms with Gasteiger partial charge in [0.1, 0.15) is 0 Å². The van der Waals surface area contributed by atoms with Crippen LogP contribution in [0.25, 0.3) is 27.5 Å². The van der Waals surface area contributed by atoms with Crippen LogP contribution in [0.4, 0.5) is 0 Å². The molecular weight excluding hydrogens is 350 g/mol. The standard InChI is InChI=1S/C28H23N/c1-28(2)24-12-6-3-9-19(24)17-20-15-16-21(18-25(20)28)29-26-13-7-4-10-22(26)23-11-5-8-14-27(23)29/h3-16,18H,17H2,1-2H3. The van der Waals surface area contributed by atoms with Crippen molar-refractivity contribution >= 4 is 21.8 Å². The molecule has 6 rings (SSSR count). The summed E-state index contributed by atoms with van der Waals surface area (Å²) in [6, 6.07) is 33.4. The normalized spacial score (nSPS) is 14.7. The number of hydrogen-bond acceptors (Lipinski definition) is 0. The highest BCUT2D eigenvalue weighted by Crippen LogP contribution is 2.42. The third kappa shape index (κ3) is 2.28. The van der Waals surface area contributed by atoms with Gasteiger partial charge in [0.05, 0.1) is 11.0 Å². The molecular formula is C28H23N. The summed E-state index contributed by atoms with van der Waals surface area (Å²) >= 11 is 0. The maximum atomic E-state index is 2.42. The van der Waals surface area contributed by atoms with E-state index >= 15 is 0 Å². The number of rotatable bonds is 1. The number of hydrogen-bond donors (Lipinski definition) is 0. The Morgan fingerprint density at radius 1 is 0.621 bits per heavy atom. The molecule has 1 aliphatic rings. The Kier molecular flexibility index (Phi) is 3.35. The third-order valence-electron chi connectivity index (χ3n) is 6.68. The van der Waals surface area contributed by atoms with Crippen LogP contribution in [0.1, 0.15) is 36.1 Å². The predicted octanol–water partition coefficient (Wildman–Crippen LogP) is 7.01. The van der Waals surface area contributed by atoms with E-state index in [2.05, 4.69) is 109 Å². The Hall–Kier alpha value is -3.32. The van der Waals surface area contributed by atoms with Crippen LogP contribution in [0.3, 0.4) is 0 Å². The first-order valence-corrected chi connectivity index (χ1v) is 10.3. The molecule has 0 unspecified atom stereocenters. The molecule has 1 aromatic heterocycles. The Labute approximate surface area is 171 Å². The van der Waals surface area contributed by atoms with Crippen LogP contribution in [0.2, 0.25) is 0 Å². The zero-order valence-electron chi connectivity index (χ0n) is 16.8. The fraction of sp³-hybridized carbons (Fsp3) is 0.143. The van der Waals surface area contributed by atoms with Crippen LogP contribution in [-0.4, -0.2) is 4.57 Å². The Balaban J connectivity index is 1.64. The first-order valence-electron chi connectivity index (χ1n) is 10.3. The molecule has 1 nitrogen and oxygen atoms in total. The van der Waals surface area contributed by atoms with Crippen molar-refractivity contribution in [3.05, 3.63) is 113 Å². The van der Waals surface area contributed by atoms with Gasteiger partial charge >= 0.3 is 0 Å². The summed E-state index contributed by atoms with van der Waals surface area (Å²) in [5, 5.41) is 2.62. The molecule has 0 aliphatic heterocycles. The second-order valence-corrected chi connectivity index (χ2v) is 8.67. The molecule has 0 spiro atoms. The average Bonchev–Trinajstić information content (AvgIpc) is 3.08. The minimum absolute atomic E-state index is 0.00104. The highest BCUT2D eigenvalue weighted by Gasteiger charge is 2.32. The summed E-state index contributed by atoms with van der Waals surface area (Å²) in [4.78, 5) is 0. The van der Waals surface area contributed by atoms with Crippen LogP contribution in [0.5, 0.6) is 0 Å². The molecule has 0 bridgehead atoms. The van der Waals surface area contributed by atoms with Crippen LogP contribution < -0.4 is 0 Å². The number of nitrogens with zero attached hydrogens (tertiary/aromatic N) is 1. The van der Waals surface area contributed by atoms with Crippen LogP contribution >= 0.6 is 0 Å². The second kappa shape index (κ2) is 5.84. The molecule has 0 saturated carbocycles. The van der Waals surface area contributed by atoms with E-state index in [1.54, 1.807) is 0 Å². The Morgan fingerprint density at radius 3 is 1.93 bits per heavy atom. The SMILES string of the molecule is CC1(C)c2ccccc2Cc2ccc(-n3c4ccccc4c4ccccc43)cc21. The molecule has 1 heterocycles. The van der Waals surface area contributed by atoms with Crippen molar-refractivity contribution in [3.8, 4) is 5.69 Å². The average molecular weight is 373 g/mol. The molecule has 1 aliphatic carbocycles. The first-order chi connectivity index (χ1) is 14.1. The highest BCUT2D eigenvalue weighted by atomic mass is 15.0. The van der Waals surface area contributed by atoms with Gasteiger partial charge in [0, 0.05) is 21.9 Å². The second-order valence-electron chi connectivity index (χ2n) is 8.67. The van der Waals surface area contributed by atoms with E-state index in [9.17, 15) is 0 Å². The highest BCUT2D eigenvalue weighted by molar-refractivity contribution is 6.09. The van der Waals surface area contributed by atoms with Crippen molar-refractivity contribution in [2.75, 3.05) is 0 Å². The van der Waals surface area contributed by atoms with E-state index in [0.29, 0.717) is 0 Å². The molecule has 0 N–H and O–H groups in total. The molecule has 140 valence electrons. The lowest BCUT2D eigenvalue weighted by Crippen LogP contribution is -2.27. The maximum Gasteiger partial charge on any atom is 0.0541 e. The van der Waals surface area contributed by atoms with Gasteiger partial charge in [0.25, 0.3) is 0 Å². The molecule has 0 saturated heterocycles. The summed E-state index contributed by atoms with van der Waals surface area (Å²) in [5.41, 5.74) is 9.56. The van der Waals surface area contributed by atoms with Gasteiger partial charge in [0.2, 0.25) is 0 Å². The molecule has 5 aromatic rings. The molecule has 0 atom stereocenters. The zero-order valence-corrected chi connectivity index (χ0v) is 16.8. The molecule has 29 heavy (non-hydrogen) atoms. The van der Waals surface area contributed by atoms with E-state index in [1.165, 1.54) is 49.7 Å². The quantitative estimate of drug-likeness (QED) is 0.298. The van der Waals surface area contributed by atoms with Gasteiger partial charge in [0.15, 0.2) is 0 Å². The van der Waals surface area contributed by atoms with E-state index < -0.39 is 0 Å². The van der Waals surface area contributed by atoms with Gasteiger partial charge < -0.3 is 4.57 Å². The molecule has 0 amide bonds. The minimum atomic E-state index is -0.00104. The van der Waals surface area contributed by atoms with Crippen LogP contribution in [0, 0.1) is 0 Å². The molecule has 4 aromatic carbocycles. The third-order valence-corrected chi connectivity index (χ3v) is 6.68. The monoisotopic (exact) mass is 373 g/mol. The van der Waals surface area contributed by atoms with Gasteiger partial charge in [-0.1, -0.05) is 80.6 Å². The first kappa shape index (κ1) is 16.6. The van der Waals surface area contributed by atoms with E-state index in [-0.39, 0.29) is 5.41 Å². The number of fused-ring (bicyclic) bond motifs is 5. The lowest BCUT2D eigenvalue weighted by Gasteiger charge is -2.35. The van der Waals surface area contributed by atoms with Gasteiger partial charge in [-0.25, -0.2) is 0 Å². The van der Waals surface area contributed by atoms with Crippen molar-refractivity contribution in [1.82, 2.24) is 4.57 Å². The fourth-order valence-corrected chi connectivity index (χ4v) is 5.27. The molecule has 0 fully saturated rings. The Bertz CT molecular complexity index is 1350. The maximum absolute atomic E-state index is 2.42. The van der Waals surface area contributed by atoms with Crippen molar-refractivity contribution in [2.24, 2.45) is 0 Å². The molecule has 1 heteroatoms. The molecule has 0 radical (unpaired) electrons. The van der Waals surface area contributed by atoms with E-state index in [1.807, 2.05) is 0 Å². The van der Waals surface area contributed by atoms with Crippen molar-refractivity contribution < 1.29 is 0 Å². The lowest BCUT2D eigenvalue weighted by atomic mass is 9.69. The van der Waals surface area contributed by atoms with Gasteiger partial charge in [-0.2, -0.15) is 0 Å². The lowest BCUT2D eigenvalue weighted by molar-refractivity contribution is 0.610. The van der Waals surface area contributed by atoms with Gasteiger partial charge in [-0.3, -0.25) is 0 Å². The topological polar surface area (TPSA) is 4.93 Å². The number of aromatic nitrogens is 1. The van der Waals surface area contributed by atoms with Crippen molar-refractivity contribution in [3.63, 3.8) is 0 Å². The van der Waals surface area contributed by atoms with E-state index in [0.717, 1.165) is 6.42 Å². The zero-order chi connectivity index (χ0) is 19.6. The van der Waals surface area contributed by atoms with Gasteiger partial charge in [-0.15, -0.1) is 0 Å². The Morgan fingerprint density at radius 2 is 1.21 bits per heavy atom. The summed E-state index contributed by atoms with van der Waals surface area (Å²) in [6.07, 6.45) is 1.02. The van der Waals surface area contributed by atoms with E-state index in [4.69, 9.17) is 0 Å². The smallest absolute Gasteiger partial charge is 0.0541 e. The fourth-order valence-electron chi connectivity index (χ4n) is 5.27. The summed E-state index contributed by atoms with van der Waals surface area (Å²) < 4.78 is 2.42. The van der Waals surface area contributed by atoms with Crippen molar-refractivity contribution in [2.45, 2.75) is 25.7 Å². The van der Waals surface area contributed by atoms with Crippen molar-refractivity contribution in [1.29, 1.82) is 0 Å². The summed E-state index contributed by atoms with van der Waals surface area (Å²) in [6.45, 7) is 4.72. The summed E-state index contributed by atoms with van der Waals surface area (Å²) in [7, 11) is 0. The van der Waals surface area contributed by atoms with Gasteiger partial charge in [-0.05, 0) is 52.9 Å². The summed E-state index contributed by atoms with van der Waals surface area (Å²) in [5.74, 6) is 0. The van der Waals surface area contributed by atoms with Crippen LogP contribution in [0.15, 0.2) is 91.0 Å². The van der Waals surface area contributed by atoms with Crippen LogP contribution in [-0.2, 0) is 11.8 Å². The number of benzene rings is 4.